The molecule has 5 heteroatoms. The molecule has 1 aromatic rings. The van der Waals surface area contributed by atoms with Gasteiger partial charge >= 0.3 is 5.97 Å². The van der Waals surface area contributed by atoms with E-state index in [9.17, 15) is 4.79 Å². The molecule has 0 N–H and O–H groups in total. The molecule has 4 saturated carbocycles. The average molecular weight is 472 g/mol. The minimum atomic E-state index is -0.0579. The lowest BCUT2D eigenvalue weighted by Gasteiger charge is -2.60. The average Bonchev–Trinajstić information content (AvgIpc) is 2.50. The number of halogens is 2. The predicted molar refractivity (Wildman–Crippen MR) is 104 cm³/mol. The molecule has 136 valence electrons. The second-order valence-corrected chi connectivity index (χ2v) is 10.9. The van der Waals surface area contributed by atoms with E-state index in [2.05, 4.69) is 31.9 Å². The minimum absolute atomic E-state index is 0.0579. The first-order valence-electron chi connectivity index (χ1n) is 9.17. The number of hydrogen-bond acceptors (Lipinski definition) is 3. The van der Waals surface area contributed by atoms with Crippen molar-refractivity contribution in [3.8, 4) is 5.75 Å². The summed E-state index contributed by atoms with van der Waals surface area (Å²) < 4.78 is 12.4. The summed E-state index contributed by atoms with van der Waals surface area (Å²) in [6, 6.07) is 7.67. The smallest absolute Gasteiger partial charge is 0.306 e. The van der Waals surface area contributed by atoms with Crippen LogP contribution in [0.15, 0.2) is 28.7 Å². The summed E-state index contributed by atoms with van der Waals surface area (Å²) in [5.41, 5.74) is 0.178. The van der Waals surface area contributed by atoms with Crippen molar-refractivity contribution in [2.24, 2.45) is 17.3 Å². The molecule has 0 aromatic heterocycles. The Morgan fingerprint density at radius 3 is 2.40 bits per heavy atom. The highest BCUT2D eigenvalue weighted by atomic mass is 79.9. The van der Waals surface area contributed by atoms with Gasteiger partial charge in [0.25, 0.3) is 0 Å². The maximum absolute atomic E-state index is 12.4. The van der Waals surface area contributed by atoms with E-state index in [-0.39, 0.29) is 11.4 Å². The summed E-state index contributed by atoms with van der Waals surface area (Å²) >= 11 is 7.40. The molecule has 2 atom stereocenters. The largest absolute Gasteiger partial charge is 0.490 e. The van der Waals surface area contributed by atoms with E-state index in [0.29, 0.717) is 24.0 Å². The summed E-state index contributed by atoms with van der Waals surface area (Å²) in [5.74, 6) is 2.34. The summed E-state index contributed by atoms with van der Waals surface area (Å²) in [6.45, 7) is 0.714. The number of carbonyl (C=O) groups excluding carboxylic acids is 1. The molecule has 3 nitrogen and oxygen atoms in total. The summed E-state index contributed by atoms with van der Waals surface area (Å²) in [6.07, 6.45) is 8.08. The second kappa shape index (κ2) is 6.88. The van der Waals surface area contributed by atoms with E-state index < -0.39 is 0 Å². The Morgan fingerprint density at radius 2 is 1.76 bits per heavy atom. The quantitative estimate of drug-likeness (QED) is 0.312. The summed E-state index contributed by atoms with van der Waals surface area (Å²) in [4.78, 5) is 12.4. The molecule has 25 heavy (non-hydrogen) atoms. The van der Waals surface area contributed by atoms with E-state index >= 15 is 0 Å². The third-order valence-electron chi connectivity index (χ3n) is 6.06. The highest BCUT2D eigenvalue weighted by Crippen LogP contribution is 2.65. The maximum atomic E-state index is 12.4. The van der Waals surface area contributed by atoms with Crippen molar-refractivity contribution in [3.63, 3.8) is 0 Å². The Labute approximate surface area is 166 Å². The maximum Gasteiger partial charge on any atom is 0.306 e. The Balaban J connectivity index is 1.25. The lowest BCUT2D eigenvalue weighted by atomic mass is 9.49. The standard InChI is InChI=1S/C20H24Br2O3/c21-16-1-3-17(4-2-16)24-5-6-25-18(23)12-19-8-14-7-15(9-19)11-20(22,10-14)13-19/h1-4,14-15H,5-13H2. The third-order valence-corrected chi connectivity index (χ3v) is 7.52. The van der Waals surface area contributed by atoms with Crippen molar-refractivity contribution in [2.45, 2.75) is 49.3 Å². The molecule has 4 fully saturated rings. The highest BCUT2D eigenvalue weighted by molar-refractivity contribution is 9.10. The van der Waals surface area contributed by atoms with Crippen LogP contribution in [-0.4, -0.2) is 23.5 Å². The minimum Gasteiger partial charge on any atom is -0.490 e. The SMILES string of the molecule is O=C(CC12CC3CC(CC(Br)(C3)C1)C2)OCCOc1ccc(Br)cc1. The molecule has 0 spiro atoms. The van der Waals surface area contributed by atoms with E-state index in [1.807, 2.05) is 24.3 Å². The fourth-order valence-corrected chi connectivity index (χ4v) is 7.52. The molecule has 0 radical (unpaired) electrons. The molecule has 2 unspecified atom stereocenters. The molecule has 0 saturated heterocycles. The van der Waals surface area contributed by atoms with Gasteiger partial charge < -0.3 is 9.47 Å². The Kier molecular flexibility index (Phi) is 4.91. The van der Waals surface area contributed by atoms with Gasteiger partial charge in [-0.15, -0.1) is 0 Å². The van der Waals surface area contributed by atoms with Crippen molar-refractivity contribution >= 4 is 37.8 Å². The molecule has 0 heterocycles. The van der Waals surface area contributed by atoms with Crippen LogP contribution in [0, 0.1) is 17.3 Å². The van der Waals surface area contributed by atoms with Gasteiger partial charge in [-0.3, -0.25) is 4.79 Å². The van der Waals surface area contributed by atoms with Crippen LogP contribution in [-0.2, 0) is 9.53 Å². The second-order valence-electron chi connectivity index (χ2n) is 8.31. The Bertz CT molecular complexity index is 629. The fourth-order valence-electron chi connectivity index (χ4n) is 5.75. The van der Waals surface area contributed by atoms with Gasteiger partial charge in [-0.25, -0.2) is 0 Å². The number of esters is 1. The normalized spacial score (nSPS) is 35.6. The number of benzene rings is 1. The highest BCUT2D eigenvalue weighted by Gasteiger charge is 2.57. The van der Waals surface area contributed by atoms with Crippen molar-refractivity contribution < 1.29 is 14.3 Å². The molecule has 5 rings (SSSR count). The van der Waals surface area contributed by atoms with Gasteiger partial charge in [-0.2, -0.15) is 0 Å². The van der Waals surface area contributed by atoms with Crippen LogP contribution in [0.3, 0.4) is 0 Å². The monoisotopic (exact) mass is 470 g/mol. The van der Waals surface area contributed by atoms with Gasteiger partial charge in [0.05, 0.1) is 6.42 Å². The number of ether oxygens (including phenoxy) is 2. The van der Waals surface area contributed by atoms with Crippen molar-refractivity contribution in [1.29, 1.82) is 0 Å². The summed E-state index contributed by atoms with van der Waals surface area (Å²) in [7, 11) is 0. The molecular weight excluding hydrogens is 448 g/mol. The van der Waals surface area contributed by atoms with Crippen LogP contribution < -0.4 is 4.74 Å². The zero-order valence-corrected chi connectivity index (χ0v) is 17.5. The van der Waals surface area contributed by atoms with Crippen LogP contribution >= 0.6 is 31.9 Å². The van der Waals surface area contributed by atoms with E-state index in [1.54, 1.807) is 0 Å². The molecule has 1 aromatic carbocycles. The number of rotatable bonds is 6. The van der Waals surface area contributed by atoms with Gasteiger partial charge in [0.2, 0.25) is 0 Å². The number of hydrogen-bond donors (Lipinski definition) is 0. The van der Waals surface area contributed by atoms with Crippen molar-refractivity contribution in [3.05, 3.63) is 28.7 Å². The Hall–Kier alpha value is -0.550. The van der Waals surface area contributed by atoms with Gasteiger partial charge in [0, 0.05) is 8.80 Å². The van der Waals surface area contributed by atoms with Crippen LogP contribution in [0.4, 0.5) is 0 Å². The van der Waals surface area contributed by atoms with E-state index in [1.165, 1.54) is 32.1 Å². The van der Waals surface area contributed by atoms with Crippen LogP contribution in [0.2, 0.25) is 0 Å². The predicted octanol–water partition coefficient (Wildman–Crippen LogP) is 5.50. The van der Waals surface area contributed by atoms with E-state index in [0.717, 1.165) is 28.5 Å². The van der Waals surface area contributed by atoms with Gasteiger partial charge in [0.1, 0.15) is 19.0 Å². The van der Waals surface area contributed by atoms with Crippen LogP contribution in [0.1, 0.15) is 44.9 Å². The van der Waals surface area contributed by atoms with Gasteiger partial charge in [0.15, 0.2) is 0 Å². The Morgan fingerprint density at radius 1 is 1.08 bits per heavy atom. The molecule has 4 aliphatic rings. The lowest BCUT2D eigenvalue weighted by molar-refractivity contribution is -0.151. The topological polar surface area (TPSA) is 35.5 Å². The molecule has 0 aliphatic heterocycles. The molecule has 0 amide bonds. The molecule has 4 bridgehead atoms. The lowest BCUT2D eigenvalue weighted by Crippen LogP contribution is -2.53. The first kappa shape index (κ1) is 17.8. The number of alkyl halides is 1. The fraction of sp³-hybridized carbons (Fsp3) is 0.650. The van der Waals surface area contributed by atoms with Crippen molar-refractivity contribution in [2.75, 3.05) is 13.2 Å². The zero-order chi connectivity index (χ0) is 17.5. The summed E-state index contributed by atoms with van der Waals surface area (Å²) in [5, 5.41) is 0. The molecule has 4 aliphatic carbocycles. The van der Waals surface area contributed by atoms with Crippen molar-refractivity contribution in [1.82, 2.24) is 0 Å². The van der Waals surface area contributed by atoms with Gasteiger partial charge in [-0.05, 0) is 80.0 Å². The van der Waals surface area contributed by atoms with Gasteiger partial charge in [-0.1, -0.05) is 31.9 Å². The number of carbonyl (C=O) groups is 1. The first-order chi connectivity index (χ1) is 11.9. The first-order valence-corrected chi connectivity index (χ1v) is 10.8. The van der Waals surface area contributed by atoms with E-state index in [4.69, 9.17) is 9.47 Å². The van der Waals surface area contributed by atoms with Crippen LogP contribution in [0.25, 0.3) is 0 Å². The third kappa shape index (κ3) is 4.08. The zero-order valence-electron chi connectivity index (χ0n) is 14.3. The van der Waals surface area contributed by atoms with Crippen LogP contribution in [0.5, 0.6) is 5.75 Å². The molecular formula is C20H24Br2O3.